The van der Waals surface area contributed by atoms with Gasteiger partial charge in [-0.1, -0.05) is 6.07 Å². The summed E-state index contributed by atoms with van der Waals surface area (Å²) >= 11 is 0. The molecular weight excluding hydrogens is 183 g/mol. The van der Waals surface area contributed by atoms with Crippen molar-refractivity contribution in [2.45, 2.75) is 0 Å². The van der Waals surface area contributed by atoms with Gasteiger partial charge in [-0.3, -0.25) is 0 Å². The van der Waals surface area contributed by atoms with Crippen LogP contribution in [0.15, 0.2) is 18.2 Å². The third-order valence-corrected chi connectivity index (χ3v) is 1.38. The van der Waals surface area contributed by atoms with Crippen molar-refractivity contribution in [3.8, 4) is 17.2 Å². The fraction of sp³-hybridized carbons (Fsp3) is 0.250. The van der Waals surface area contributed by atoms with E-state index in [4.69, 9.17) is 9.47 Å². The number of para-hydroxylation sites is 1. The molecular formula is C8H10KO3+. The molecule has 0 aliphatic heterocycles. The van der Waals surface area contributed by atoms with Crippen molar-refractivity contribution >= 4 is 0 Å². The molecule has 12 heavy (non-hydrogen) atoms. The van der Waals surface area contributed by atoms with Gasteiger partial charge >= 0.3 is 51.4 Å². The van der Waals surface area contributed by atoms with E-state index in [0.29, 0.717) is 11.5 Å². The number of methoxy groups -OCH3 is 2. The summed E-state index contributed by atoms with van der Waals surface area (Å²) in [5.41, 5.74) is 0. The van der Waals surface area contributed by atoms with Crippen LogP contribution in [0.3, 0.4) is 0 Å². The van der Waals surface area contributed by atoms with Crippen LogP contribution in [0.1, 0.15) is 0 Å². The van der Waals surface area contributed by atoms with Gasteiger partial charge in [-0.2, -0.15) is 0 Å². The molecule has 0 saturated carbocycles. The van der Waals surface area contributed by atoms with E-state index in [1.54, 1.807) is 18.2 Å². The van der Waals surface area contributed by atoms with Crippen molar-refractivity contribution in [2.75, 3.05) is 14.2 Å². The molecule has 0 spiro atoms. The summed E-state index contributed by atoms with van der Waals surface area (Å²) < 4.78 is 9.82. The molecule has 1 rings (SSSR count). The van der Waals surface area contributed by atoms with Crippen molar-refractivity contribution in [3.05, 3.63) is 18.2 Å². The van der Waals surface area contributed by atoms with Crippen LogP contribution in [-0.4, -0.2) is 19.3 Å². The van der Waals surface area contributed by atoms with Crippen molar-refractivity contribution in [2.24, 2.45) is 0 Å². The molecule has 1 N–H and O–H groups in total. The summed E-state index contributed by atoms with van der Waals surface area (Å²) in [7, 11) is 3.01. The Morgan fingerprint density at radius 2 is 1.83 bits per heavy atom. The molecule has 0 unspecified atom stereocenters. The fourth-order valence-corrected chi connectivity index (χ4v) is 0.870. The number of benzene rings is 1. The maximum atomic E-state index is 9.22. The predicted molar refractivity (Wildman–Crippen MR) is 41.2 cm³/mol. The van der Waals surface area contributed by atoms with Gasteiger partial charge in [0, 0.05) is 0 Å². The first kappa shape index (κ1) is 12.3. The maximum Gasteiger partial charge on any atom is 1.00 e. The normalized spacial score (nSPS) is 8.50. The SMILES string of the molecule is COc1cccc(O)c1OC.[K+]. The van der Waals surface area contributed by atoms with E-state index in [-0.39, 0.29) is 57.1 Å². The van der Waals surface area contributed by atoms with Crippen LogP contribution in [0.2, 0.25) is 0 Å². The van der Waals surface area contributed by atoms with Gasteiger partial charge < -0.3 is 14.6 Å². The summed E-state index contributed by atoms with van der Waals surface area (Å²) in [5.74, 6) is 0.995. The first-order valence-corrected chi connectivity index (χ1v) is 3.19. The van der Waals surface area contributed by atoms with Crippen LogP contribution < -0.4 is 60.9 Å². The van der Waals surface area contributed by atoms with Crippen LogP contribution in [0.25, 0.3) is 0 Å². The zero-order chi connectivity index (χ0) is 8.27. The zero-order valence-electron chi connectivity index (χ0n) is 7.50. The molecule has 0 aliphatic rings. The van der Waals surface area contributed by atoms with Crippen LogP contribution >= 0.6 is 0 Å². The second-order valence-electron chi connectivity index (χ2n) is 2.01. The number of phenols is 1. The number of hydrogen-bond donors (Lipinski definition) is 1. The minimum Gasteiger partial charge on any atom is -0.504 e. The maximum absolute atomic E-state index is 9.22. The molecule has 0 atom stereocenters. The number of rotatable bonds is 2. The van der Waals surface area contributed by atoms with Crippen molar-refractivity contribution in [3.63, 3.8) is 0 Å². The van der Waals surface area contributed by atoms with E-state index >= 15 is 0 Å². The average Bonchev–Trinajstić information content (AvgIpc) is 2.04. The van der Waals surface area contributed by atoms with E-state index in [1.807, 2.05) is 0 Å². The summed E-state index contributed by atoms with van der Waals surface area (Å²) in [5, 5.41) is 9.22. The molecule has 0 bridgehead atoms. The molecule has 0 saturated heterocycles. The minimum absolute atomic E-state index is 0. The largest absolute Gasteiger partial charge is 1.00 e. The van der Waals surface area contributed by atoms with Gasteiger partial charge in [-0.15, -0.1) is 0 Å². The minimum atomic E-state index is 0. The third-order valence-electron chi connectivity index (χ3n) is 1.38. The average molecular weight is 193 g/mol. The monoisotopic (exact) mass is 193 g/mol. The molecule has 0 fully saturated rings. The zero-order valence-corrected chi connectivity index (χ0v) is 10.6. The molecule has 1 aromatic rings. The molecule has 0 radical (unpaired) electrons. The Morgan fingerprint density at radius 3 is 2.25 bits per heavy atom. The standard InChI is InChI=1S/C8H10O3.K/c1-10-7-5-3-4-6(9)8(7)11-2;/h3-5,9H,1-2H3;/q;+1. The molecule has 0 aliphatic carbocycles. The number of phenolic OH excluding ortho intramolecular Hbond substituents is 1. The van der Waals surface area contributed by atoms with Gasteiger partial charge in [0.1, 0.15) is 0 Å². The first-order valence-electron chi connectivity index (χ1n) is 3.19. The second kappa shape index (κ2) is 5.83. The Bertz CT molecular complexity index is 250. The van der Waals surface area contributed by atoms with Crippen molar-refractivity contribution in [1.29, 1.82) is 0 Å². The number of ether oxygens (including phenoxy) is 2. The molecule has 0 aromatic heterocycles. The first-order chi connectivity index (χ1) is 5.29. The van der Waals surface area contributed by atoms with Crippen LogP contribution in [0.4, 0.5) is 0 Å². The second-order valence-corrected chi connectivity index (χ2v) is 2.01. The van der Waals surface area contributed by atoms with Gasteiger partial charge in [0.15, 0.2) is 11.5 Å². The quantitative estimate of drug-likeness (QED) is 0.576. The van der Waals surface area contributed by atoms with Gasteiger partial charge in [-0.25, -0.2) is 0 Å². The smallest absolute Gasteiger partial charge is 0.504 e. The van der Waals surface area contributed by atoms with E-state index in [9.17, 15) is 5.11 Å². The van der Waals surface area contributed by atoms with E-state index in [2.05, 4.69) is 0 Å². The summed E-state index contributed by atoms with van der Waals surface area (Å²) in [6, 6.07) is 4.95. The third kappa shape index (κ3) is 2.64. The Kier molecular flexibility index (Phi) is 5.95. The van der Waals surface area contributed by atoms with Gasteiger partial charge in [0.25, 0.3) is 0 Å². The van der Waals surface area contributed by atoms with Gasteiger partial charge in [0.05, 0.1) is 14.2 Å². The molecule has 3 nitrogen and oxygen atoms in total. The van der Waals surface area contributed by atoms with Gasteiger partial charge in [-0.05, 0) is 12.1 Å². The Balaban J connectivity index is 0.00000121. The van der Waals surface area contributed by atoms with E-state index < -0.39 is 0 Å². The van der Waals surface area contributed by atoms with Crippen molar-refractivity contribution < 1.29 is 66.0 Å². The molecule has 0 amide bonds. The summed E-state index contributed by atoms with van der Waals surface area (Å²) in [4.78, 5) is 0. The summed E-state index contributed by atoms with van der Waals surface area (Å²) in [6.45, 7) is 0. The molecule has 4 heteroatoms. The van der Waals surface area contributed by atoms with Gasteiger partial charge in [0.2, 0.25) is 5.75 Å². The topological polar surface area (TPSA) is 38.7 Å². The molecule has 0 heterocycles. The van der Waals surface area contributed by atoms with Crippen LogP contribution in [-0.2, 0) is 0 Å². The number of hydrogen-bond acceptors (Lipinski definition) is 3. The molecule has 60 valence electrons. The Morgan fingerprint density at radius 1 is 1.17 bits per heavy atom. The van der Waals surface area contributed by atoms with E-state index in [1.165, 1.54) is 14.2 Å². The fourth-order valence-electron chi connectivity index (χ4n) is 0.870. The Labute approximate surface area is 114 Å². The molecule has 1 aromatic carbocycles. The summed E-state index contributed by atoms with van der Waals surface area (Å²) in [6.07, 6.45) is 0. The van der Waals surface area contributed by atoms with Crippen LogP contribution in [0, 0.1) is 0 Å². The van der Waals surface area contributed by atoms with Crippen molar-refractivity contribution in [1.82, 2.24) is 0 Å². The Hall–Kier alpha value is 0.256. The number of aromatic hydroxyl groups is 1. The van der Waals surface area contributed by atoms with Crippen LogP contribution in [0.5, 0.6) is 17.2 Å². The predicted octanol–water partition coefficient (Wildman–Crippen LogP) is -1.59. The van der Waals surface area contributed by atoms with E-state index in [0.717, 1.165) is 0 Å².